The molecule has 1 atom stereocenters. The van der Waals surface area contributed by atoms with Gasteiger partial charge in [0.2, 0.25) is 0 Å². The summed E-state index contributed by atoms with van der Waals surface area (Å²) >= 11 is 3.29. The SMILES string of the molecule is Nc1cc(Br)c(NCC(O)COCc2ccccc2)cc1F. The first-order valence-electron chi connectivity index (χ1n) is 6.84. The van der Waals surface area contributed by atoms with Gasteiger partial charge in [0.15, 0.2) is 0 Å². The summed E-state index contributed by atoms with van der Waals surface area (Å²) in [4.78, 5) is 0. The summed E-state index contributed by atoms with van der Waals surface area (Å²) in [6, 6.07) is 12.5. The maximum Gasteiger partial charge on any atom is 0.148 e. The summed E-state index contributed by atoms with van der Waals surface area (Å²) in [7, 11) is 0. The number of hydrogen-bond donors (Lipinski definition) is 3. The van der Waals surface area contributed by atoms with Crippen molar-refractivity contribution in [2.24, 2.45) is 0 Å². The van der Waals surface area contributed by atoms with E-state index in [1.165, 1.54) is 12.1 Å². The molecule has 2 aromatic carbocycles. The van der Waals surface area contributed by atoms with Gasteiger partial charge >= 0.3 is 0 Å². The molecule has 0 saturated carbocycles. The highest BCUT2D eigenvalue weighted by molar-refractivity contribution is 9.10. The van der Waals surface area contributed by atoms with Crippen LogP contribution in [-0.4, -0.2) is 24.4 Å². The van der Waals surface area contributed by atoms with Gasteiger partial charge in [-0.2, -0.15) is 0 Å². The molecule has 22 heavy (non-hydrogen) atoms. The number of nitrogens with two attached hydrogens (primary N) is 1. The lowest BCUT2D eigenvalue weighted by Crippen LogP contribution is -2.25. The zero-order valence-corrected chi connectivity index (χ0v) is 13.5. The Morgan fingerprint density at radius 2 is 2.00 bits per heavy atom. The van der Waals surface area contributed by atoms with Gasteiger partial charge in [-0.1, -0.05) is 30.3 Å². The van der Waals surface area contributed by atoms with Crippen LogP contribution in [0.4, 0.5) is 15.8 Å². The van der Waals surface area contributed by atoms with Crippen LogP contribution in [0.5, 0.6) is 0 Å². The Morgan fingerprint density at radius 3 is 2.73 bits per heavy atom. The Balaban J connectivity index is 1.76. The molecule has 2 aromatic rings. The van der Waals surface area contributed by atoms with Crippen LogP contribution in [0.3, 0.4) is 0 Å². The predicted octanol–water partition coefficient (Wildman–Crippen LogP) is 3.16. The third-order valence-corrected chi connectivity index (χ3v) is 3.69. The Bertz CT molecular complexity index is 611. The van der Waals surface area contributed by atoms with Gasteiger partial charge in [0.25, 0.3) is 0 Å². The van der Waals surface area contributed by atoms with Crippen molar-refractivity contribution in [2.75, 3.05) is 24.2 Å². The maximum atomic E-state index is 13.4. The van der Waals surface area contributed by atoms with Gasteiger partial charge in [-0.05, 0) is 27.6 Å². The number of aliphatic hydroxyl groups excluding tert-OH is 1. The van der Waals surface area contributed by atoms with Crippen molar-refractivity contribution >= 4 is 27.3 Å². The van der Waals surface area contributed by atoms with Crippen molar-refractivity contribution in [1.29, 1.82) is 0 Å². The second kappa shape index (κ2) is 8.12. The van der Waals surface area contributed by atoms with E-state index in [9.17, 15) is 9.50 Å². The Kier molecular flexibility index (Phi) is 6.18. The highest BCUT2D eigenvalue weighted by atomic mass is 79.9. The lowest BCUT2D eigenvalue weighted by molar-refractivity contribution is 0.0348. The van der Waals surface area contributed by atoms with Gasteiger partial charge in [0.1, 0.15) is 5.82 Å². The van der Waals surface area contributed by atoms with Gasteiger partial charge in [-0.25, -0.2) is 4.39 Å². The van der Waals surface area contributed by atoms with Crippen molar-refractivity contribution in [3.05, 3.63) is 58.3 Å². The molecule has 0 aliphatic heterocycles. The molecule has 0 aliphatic rings. The van der Waals surface area contributed by atoms with E-state index in [0.717, 1.165) is 5.56 Å². The molecule has 118 valence electrons. The second-order valence-corrected chi connectivity index (χ2v) is 5.74. The van der Waals surface area contributed by atoms with Crippen LogP contribution in [0, 0.1) is 5.82 Å². The van der Waals surface area contributed by atoms with Crippen molar-refractivity contribution in [3.63, 3.8) is 0 Å². The average molecular weight is 369 g/mol. The molecular weight excluding hydrogens is 351 g/mol. The van der Waals surface area contributed by atoms with Crippen LogP contribution < -0.4 is 11.1 Å². The minimum absolute atomic E-state index is 0.0733. The van der Waals surface area contributed by atoms with E-state index < -0.39 is 11.9 Å². The number of ether oxygens (including phenoxy) is 1. The molecule has 4 N–H and O–H groups in total. The van der Waals surface area contributed by atoms with E-state index in [2.05, 4.69) is 21.2 Å². The number of hydrogen-bond acceptors (Lipinski definition) is 4. The summed E-state index contributed by atoms with van der Waals surface area (Å²) in [5, 5.41) is 12.8. The molecule has 0 aliphatic carbocycles. The zero-order valence-electron chi connectivity index (χ0n) is 11.9. The van der Waals surface area contributed by atoms with Gasteiger partial charge in [-0.3, -0.25) is 0 Å². The van der Waals surface area contributed by atoms with Crippen LogP contribution in [0.25, 0.3) is 0 Å². The minimum atomic E-state index is -0.698. The molecule has 0 bridgehead atoms. The normalized spacial score (nSPS) is 12.1. The minimum Gasteiger partial charge on any atom is -0.396 e. The molecule has 0 fully saturated rings. The molecule has 6 heteroatoms. The van der Waals surface area contributed by atoms with Gasteiger partial charge in [0.05, 0.1) is 30.7 Å². The third kappa shape index (κ3) is 4.98. The summed E-state index contributed by atoms with van der Waals surface area (Å²) < 4.78 is 19.5. The highest BCUT2D eigenvalue weighted by Crippen LogP contribution is 2.27. The van der Waals surface area contributed by atoms with E-state index in [4.69, 9.17) is 10.5 Å². The van der Waals surface area contributed by atoms with Crippen LogP contribution in [0.15, 0.2) is 46.9 Å². The average Bonchev–Trinajstić information content (AvgIpc) is 2.50. The van der Waals surface area contributed by atoms with E-state index in [1.54, 1.807) is 0 Å². The van der Waals surface area contributed by atoms with Crippen LogP contribution in [0.1, 0.15) is 5.56 Å². The van der Waals surface area contributed by atoms with Crippen molar-refractivity contribution in [3.8, 4) is 0 Å². The summed E-state index contributed by atoms with van der Waals surface area (Å²) in [6.07, 6.45) is -0.698. The molecule has 0 spiro atoms. The van der Waals surface area contributed by atoms with Crippen molar-refractivity contribution < 1.29 is 14.2 Å². The maximum absolute atomic E-state index is 13.4. The first-order chi connectivity index (χ1) is 10.6. The van der Waals surface area contributed by atoms with Crippen molar-refractivity contribution in [2.45, 2.75) is 12.7 Å². The first kappa shape index (κ1) is 16.7. The Morgan fingerprint density at radius 1 is 1.27 bits per heavy atom. The molecule has 0 saturated heterocycles. The zero-order chi connectivity index (χ0) is 15.9. The van der Waals surface area contributed by atoms with Gasteiger partial charge in [-0.15, -0.1) is 0 Å². The monoisotopic (exact) mass is 368 g/mol. The summed E-state index contributed by atoms with van der Waals surface area (Å²) in [5.74, 6) is -0.500. The quantitative estimate of drug-likeness (QED) is 0.656. The second-order valence-electron chi connectivity index (χ2n) is 4.89. The number of benzene rings is 2. The lowest BCUT2D eigenvalue weighted by Gasteiger charge is -2.15. The number of nitrogen functional groups attached to an aromatic ring is 1. The van der Waals surface area contributed by atoms with Gasteiger partial charge < -0.3 is 20.9 Å². The first-order valence-corrected chi connectivity index (χ1v) is 7.63. The van der Waals surface area contributed by atoms with E-state index >= 15 is 0 Å². The van der Waals surface area contributed by atoms with Crippen LogP contribution >= 0.6 is 15.9 Å². The Hall–Kier alpha value is -1.63. The van der Waals surface area contributed by atoms with Crippen LogP contribution in [-0.2, 0) is 11.3 Å². The molecule has 0 radical (unpaired) electrons. The fraction of sp³-hybridized carbons (Fsp3) is 0.250. The molecule has 2 rings (SSSR count). The molecule has 0 heterocycles. The third-order valence-electron chi connectivity index (χ3n) is 3.04. The molecule has 4 nitrogen and oxygen atoms in total. The number of halogens is 2. The molecule has 0 aromatic heterocycles. The van der Waals surface area contributed by atoms with E-state index in [1.807, 2.05) is 30.3 Å². The number of anilines is 2. The molecule has 0 amide bonds. The fourth-order valence-corrected chi connectivity index (χ4v) is 2.37. The summed E-state index contributed by atoms with van der Waals surface area (Å²) in [5.41, 5.74) is 7.12. The molecule has 1 unspecified atom stereocenters. The standard InChI is InChI=1S/C16H18BrFN2O2/c17-13-6-15(19)14(18)7-16(13)20-8-12(21)10-22-9-11-4-2-1-3-5-11/h1-7,12,20-21H,8-10,19H2. The van der Waals surface area contributed by atoms with E-state index in [0.29, 0.717) is 16.8 Å². The molecular formula is C16H18BrFN2O2. The van der Waals surface area contributed by atoms with Crippen LogP contribution in [0.2, 0.25) is 0 Å². The highest BCUT2D eigenvalue weighted by Gasteiger charge is 2.09. The predicted molar refractivity (Wildman–Crippen MR) is 89.1 cm³/mol. The fourth-order valence-electron chi connectivity index (χ4n) is 1.87. The largest absolute Gasteiger partial charge is 0.396 e. The van der Waals surface area contributed by atoms with Gasteiger partial charge in [0, 0.05) is 17.1 Å². The topological polar surface area (TPSA) is 67.5 Å². The summed E-state index contributed by atoms with van der Waals surface area (Å²) in [6.45, 7) is 0.881. The number of nitrogens with one attached hydrogen (secondary N) is 1. The smallest absolute Gasteiger partial charge is 0.148 e. The van der Waals surface area contributed by atoms with Crippen molar-refractivity contribution in [1.82, 2.24) is 0 Å². The van der Waals surface area contributed by atoms with E-state index in [-0.39, 0.29) is 18.8 Å². The Labute approximate surface area is 137 Å². The number of rotatable bonds is 7. The number of aliphatic hydroxyl groups is 1. The lowest BCUT2D eigenvalue weighted by atomic mass is 10.2.